The van der Waals surface area contributed by atoms with Crippen LogP contribution in [0.3, 0.4) is 0 Å². The zero-order valence-corrected chi connectivity index (χ0v) is 8.25. The fourth-order valence-corrected chi connectivity index (χ4v) is 1.89. The standard InChI is InChI=1S/C13H11N2/c1-2-6-11(7-3-1)13-14-10-12-8-4-5-9-15(12)13/h1-10,13H/q+1. The lowest BCUT2D eigenvalue weighted by atomic mass is 10.2. The first-order valence-electron chi connectivity index (χ1n) is 5.03. The Labute approximate surface area is 88.5 Å². The molecule has 1 unspecified atom stereocenters. The minimum atomic E-state index is 0.113. The second kappa shape index (κ2) is 3.31. The summed E-state index contributed by atoms with van der Waals surface area (Å²) in [5, 5.41) is 0. The number of hydrogen-bond donors (Lipinski definition) is 0. The van der Waals surface area contributed by atoms with Gasteiger partial charge in [-0.3, -0.25) is 0 Å². The number of aromatic nitrogens is 1. The first kappa shape index (κ1) is 8.36. The van der Waals surface area contributed by atoms with E-state index in [4.69, 9.17) is 0 Å². The Balaban J connectivity index is 2.09. The van der Waals surface area contributed by atoms with E-state index in [0.29, 0.717) is 0 Å². The van der Waals surface area contributed by atoms with Crippen LogP contribution in [-0.4, -0.2) is 6.21 Å². The van der Waals surface area contributed by atoms with Gasteiger partial charge in [-0.2, -0.15) is 4.57 Å². The monoisotopic (exact) mass is 195 g/mol. The van der Waals surface area contributed by atoms with E-state index in [9.17, 15) is 0 Å². The van der Waals surface area contributed by atoms with Crippen molar-refractivity contribution >= 4 is 6.21 Å². The highest BCUT2D eigenvalue weighted by molar-refractivity contribution is 5.76. The maximum atomic E-state index is 4.51. The largest absolute Gasteiger partial charge is 0.277 e. The highest BCUT2D eigenvalue weighted by Gasteiger charge is 2.26. The van der Waals surface area contributed by atoms with Crippen LogP contribution in [0.25, 0.3) is 0 Å². The Bertz CT molecular complexity index is 503. The summed E-state index contributed by atoms with van der Waals surface area (Å²) >= 11 is 0. The molecule has 0 saturated carbocycles. The molecule has 1 aromatic heterocycles. The number of rotatable bonds is 1. The maximum Gasteiger partial charge on any atom is 0.277 e. The molecule has 3 rings (SSSR count). The lowest BCUT2D eigenvalue weighted by Crippen LogP contribution is -2.38. The van der Waals surface area contributed by atoms with Crippen LogP contribution in [0, 0.1) is 0 Å². The van der Waals surface area contributed by atoms with E-state index in [1.165, 1.54) is 5.56 Å². The van der Waals surface area contributed by atoms with Crippen molar-refractivity contribution in [3.8, 4) is 0 Å². The van der Waals surface area contributed by atoms with Crippen LogP contribution in [-0.2, 0) is 0 Å². The summed E-state index contributed by atoms with van der Waals surface area (Å²) < 4.78 is 2.18. The molecule has 0 bridgehead atoms. The van der Waals surface area contributed by atoms with Gasteiger partial charge in [-0.25, -0.2) is 4.99 Å². The van der Waals surface area contributed by atoms with Gasteiger partial charge in [-0.05, 0) is 6.07 Å². The average molecular weight is 195 g/mol. The first-order valence-corrected chi connectivity index (χ1v) is 5.03. The van der Waals surface area contributed by atoms with Gasteiger partial charge in [0.2, 0.25) is 5.69 Å². The molecule has 0 fully saturated rings. The molecule has 15 heavy (non-hydrogen) atoms. The molecule has 1 aliphatic rings. The SMILES string of the molecule is C1=NC(c2ccccc2)[n+]2ccccc21. The lowest BCUT2D eigenvalue weighted by Gasteiger charge is -2.03. The van der Waals surface area contributed by atoms with E-state index in [1.54, 1.807) is 0 Å². The van der Waals surface area contributed by atoms with Gasteiger partial charge in [0.25, 0.3) is 6.17 Å². The summed E-state index contributed by atoms with van der Waals surface area (Å²) in [7, 11) is 0. The van der Waals surface area contributed by atoms with Gasteiger partial charge in [0.1, 0.15) is 6.21 Å². The zero-order valence-electron chi connectivity index (χ0n) is 8.25. The van der Waals surface area contributed by atoms with E-state index < -0.39 is 0 Å². The molecule has 2 heteroatoms. The molecule has 0 amide bonds. The van der Waals surface area contributed by atoms with Crippen LogP contribution in [0.4, 0.5) is 0 Å². The molecule has 72 valence electrons. The van der Waals surface area contributed by atoms with Gasteiger partial charge < -0.3 is 0 Å². The topological polar surface area (TPSA) is 16.2 Å². The first-order chi connectivity index (χ1) is 7.45. The summed E-state index contributed by atoms with van der Waals surface area (Å²) in [5.74, 6) is 0. The molecule has 0 saturated heterocycles. The number of aliphatic imine (C=N–C) groups is 1. The molecule has 0 radical (unpaired) electrons. The Morgan fingerprint density at radius 3 is 2.60 bits per heavy atom. The van der Waals surface area contributed by atoms with E-state index >= 15 is 0 Å². The second-order valence-corrected chi connectivity index (χ2v) is 3.60. The van der Waals surface area contributed by atoms with Gasteiger partial charge >= 0.3 is 0 Å². The third-order valence-corrected chi connectivity index (χ3v) is 2.63. The molecule has 1 atom stereocenters. The number of hydrogen-bond acceptors (Lipinski definition) is 1. The van der Waals surface area contributed by atoms with Crippen molar-refractivity contribution in [2.75, 3.05) is 0 Å². The third kappa shape index (κ3) is 1.34. The molecule has 2 heterocycles. The minimum Gasteiger partial charge on any atom is -0.214 e. The van der Waals surface area contributed by atoms with Gasteiger partial charge in [-0.15, -0.1) is 0 Å². The van der Waals surface area contributed by atoms with E-state index in [-0.39, 0.29) is 6.17 Å². The van der Waals surface area contributed by atoms with Crippen molar-refractivity contribution < 1.29 is 4.57 Å². The Kier molecular flexibility index (Phi) is 1.85. The predicted octanol–water partition coefficient (Wildman–Crippen LogP) is 1.95. The summed E-state index contributed by atoms with van der Waals surface area (Å²) in [5.41, 5.74) is 2.38. The highest BCUT2D eigenvalue weighted by Crippen LogP contribution is 2.17. The van der Waals surface area contributed by atoms with Gasteiger partial charge in [0.15, 0.2) is 6.20 Å². The summed E-state index contributed by atoms with van der Waals surface area (Å²) in [6.45, 7) is 0. The Morgan fingerprint density at radius 2 is 1.73 bits per heavy atom. The lowest BCUT2D eigenvalue weighted by molar-refractivity contribution is -0.708. The fourth-order valence-electron chi connectivity index (χ4n) is 1.89. The van der Waals surface area contributed by atoms with E-state index in [2.05, 4.69) is 34.0 Å². The minimum absolute atomic E-state index is 0.113. The smallest absolute Gasteiger partial charge is 0.214 e. The average Bonchev–Trinajstić information content (AvgIpc) is 2.74. The molecule has 0 N–H and O–H groups in total. The Hall–Kier alpha value is -1.96. The van der Waals surface area contributed by atoms with Crippen molar-refractivity contribution in [2.24, 2.45) is 4.99 Å². The Morgan fingerprint density at radius 1 is 0.933 bits per heavy atom. The van der Waals surface area contributed by atoms with Crippen molar-refractivity contribution in [1.29, 1.82) is 0 Å². The van der Waals surface area contributed by atoms with Crippen LogP contribution in [0.5, 0.6) is 0 Å². The third-order valence-electron chi connectivity index (χ3n) is 2.63. The van der Waals surface area contributed by atoms with Crippen molar-refractivity contribution in [3.63, 3.8) is 0 Å². The predicted molar refractivity (Wildman–Crippen MR) is 58.8 cm³/mol. The number of benzene rings is 1. The molecular weight excluding hydrogens is 184 g/mol. The molecule has 2 nitrogen and oxygen atoms in total. The van der Waals surface area contributed by atoms with Crippen LogP contribution in [0.15, 0.2) is 59.7 Å². The normalized spacial score (nSPS) is 17.7. The van der Waals surface area contributed by atoms with E-state index in [0.717, 1.165) is 5.69 Å². The van der Waals surface area contributed by atoms with Crippen LogP contribution in [0.1, 0.15) is 17.4 Å². The fraction of sp³-hybridized carbons (Fsp3) is 0.0769. The van der Waals surface area contributed by atoms with Gasteiger partial charge in [0.05, 0.1) is 0 Å². The summed E-state index contributed by atoms with van der Waals surface area (Å²) in [4.78, 5) is 4.51. The molecule has 0 aliphatic carbocycles. The van der Waals surface area contributed by atoms with Crippen LogP contribution in [0.2, 0.25) is 0 Å². The number of pyridine rings is 1. The van der Waals surface area contributed by atoms with Crippen LogP contribution >= 0.6 is 0 Å². The summed E-state index contributed by atoms with van der Waals surface area (Å²) in [6.07, 6.45) is 4.11. The highest BCUT2D eigenvalue weighted by atomic mass is 15.2. The second-order valence-electron chi connectivity index (χ2n) is 3.60. The van der Waals surface area contributed by atoms with Crippen LogP contribution < -0.4 is 4.57 Å². The quantitative estimate of drug-likeness (QED) is 0.618. The van der Waals surface area contributed by atoms with Crippen molar-refractivity contribution in [1.82, 2.24) is 0 Å². The molecular formula is C13H11N2+. The zero-order chi connectivity index (χ0) is 10.1. The molecule has 1 aliphatic heterocycles. The number of fused-ring (bicyclic) bond motifs is 1. The van der Waals surface area contributed by atoms with Gasteiger partial charge in [-0.1, -0.05) is 30.3 Å². The van der Waals surface area contributed by atoms with Crippen molar-refractivity contribution in [3.05, 3.63) is 66.0 Å². The molecule has 1 aromatic carbocycles. The van der Waals surface area contributed by atoms with Gasteiger partial charge in [0, 0.05) is 17.7 Å². The van der Waals surface area contributed by atoms with Crippen molar-refractivity contribution in [2.45, 2.75) is 6.17 Å². The molecule has 2 aromatic rings. The molecule has 0 spiro atoms. The maximum absolute atomic E-state index is 4.51. The summed E-state index contributed by atoms with van der Waals surface area (Å²) in [6, 6.07) is 16.5. The number of nitrogens with zero attached hydrogens (tertiary/aromatic N) is 2. The van der Waals surface area contributed by atoms with E-state index in [1.807, 2.05) is 36.5 Å².